The van der Waals surface area contributed by atoms with Crippen LogP contribution in [0.1, 0.15) is 31.9 Å². The minimum absolute atomic E-state index is 0.138. The molecule has 0 saturated carbocycles. The maximum atomic E-state index is 11.1. The molecule has 0 bridgehead atoms. The fourth-order valence-electron chi connectivity index (χ4n) is 1.01. The van der Waals surface area contributed by atoms with Crippen molar-refractivity contribution in [2.24, 2.45) is 0 Å². The van der Waals surface area contributed by atoms with Crippen LogP contribution in [0.5, 0.6) is 0 Å². The van der Waals surface area contributed by atoms with E-state index < -0.39 is 12.1 Å². The lowest BCUT2D eigenvalue weighted by atomic mass is 10.0. The number of carbonyl (C=O) groups excluding carboxylic acids is 1. The number of Topliss-reactive ketones (excluding diaryl/α,β-unsaturated/α-hetero) is 1. The van der Waals surface area contributed by atoms with Gasteiger partial charge in [-0.2, -0.15) is 0 Å². The van der Waals surface area contributed by atoms with E-state index in [-0.39, 0.29) is 11.4 Å². The number of ketones is 1. The number of hydrogen-bond acceptors (Lipinski definition) is 3. The molecule has 18 heavy (non-hydrogen) atoms. The topological polar surface area (TPSA) is 74.6 Å². The first kappa shape index (κ1) is 16.1. The quantitative estimate of drug-likeness (QED) is 0.804. The number of carbonyl (C=O) groups is 2. The van der Waals surface area contributed by atoms with Crippen LogP contribution in [0.4, 0.5) is 0 Å². The lowest BCUT2D eigenvalue weighted by Crippen LogP contribution is -2.09. The van der Waals surface area contributed by atoms with E-state index in [0.717, 1.165) is 0 Å². The summed E-state index contributed by atoms with van der Waals surface area (Å²) >= 11 is 0. The summed E-state index contributed by atoms with van der Waals surface area (Å²) in [7, 11) is 0. The van der Waals surface area contributed by atoms with Gasteiger partial charge in [-0.15, -0.1) is 0 Å². The molecule has 0 fully saturated rings. The molecule has 0 spiro atoms. The number of carboxylic acid groups (broad SMARTS) is 1. The smallest absolute Gasteiger partial charge is 0.330 e. The third-order valence-electron chi connectivity index (χ3n) is 2.13. The zero-order chi connectivity index (χ0) is 14.1. The summed E-state index contributed by atoms with van der Waals surface area (Å²) in [5, 5.41) is 17.3. The Hall–Kier alpha value is -1.94. The Balaban J connectivity index is 0.000000411. The first-order chi connectivity index (χ1) is 8.40. The van der Waals surface area contributed by atoms with Crippen LogP contribution in [0.2, 0.25) is 0 Å². The summed E-state index contributed by atoms with van der Waals surface area (Å²) in [6.07, 6.45) is -0.577. The molecule has 0 aliphatic carbocycles. The summed E-state index contributed by atoms with van der Waals surface area (Å²) in [5.74, 6) is -1.07. The molecule has 1 unspecified atom stereocenters. The van der Waals surface area contributed by atoms with Gasteiger partial charge in [0.15, 0.2) is 5.78 Å². The van der Waals surface area contributed by atoms with Crippen molar-refractivity contribution in [2.45, 2.75) is 26.4 Å². The number of benzene rings is 1. The zero-order valence-corrected chi connectivity index (χ0v) is 10.6. The van der Waals surface area contributed by atoms with E-state index in [1.165, 1.54) is 6.92 Å². The zero-order valence-electron chi connectivity index (χ0n) is 10.6. The molecular formula is C14H18O4. The summed E-state index contributed by atoms with van der Waals surface area (Å²) in [6.45, 7) is 6.35. The molecule has 0 heterocycles. The van der Waals surface area contributed by atoms with Gasteiger partial charge in [-0.3, -0.25) is 4.79 Å². The van der Waals surface area contributed by atoms with E-state index in [1.807, 2.05) is 18.2 Å². The van der Waals surface area contributed by atoms with Crippen LogP contribution in [0.3, 0.4) is 0 Å². The highest BCUT2D eigenvalue weighted by atomic mass is 16.4. The van der Waals surface area contributed by atoms with Gasteiger partial charge >= 0.3 is 5.97 Å². The Morgan fingerprint density at radius 3 is 2.06 bits per heavy atom. The normalized spacial score (nSPS) is 10.8. The molecule has 0 radical (unpaired) electrons. The van der Waals surface area contributed by atoms with Crippen LogP contribution >= 0.6 is 0 Å². The van der Waals surface area contributed by atoms with Gasteiger partial charge in [0.2, 0.25) is 0 Å². The van der Waals surface area contributed by atoms with E-state index >= 15 is 0 Å². The predicted octanol–water partition coefficient (Wildman–Crippen LogP) is 2.35. The second-order valence-corrected chi connectivity index (χ2v) is 3.72. The molecule has 4 nitrogen and oxygen atoms in total. The average molecular weight is 250 g/mol. The van der Waals surface area contributed by atoms with Crippen molar-refractivity contribution in [1.29, 1.82) is 0 Å². The molecular weight excluding hydrogens is 232 g/mol. The predicted molar refractivity (Wildman–Crippen MR) is 69.1 cm³/mol. The molecule has 1 atom stereocenters. The Kier molecular flexibility index (Phi) is 7.31. The van der Waals surface area contributed by atoms with Crippen molar-refractivity contribution in [3.8, 4) is 0 Å². The fraction of sp³-hybridized carbons (Fsp3) is 0.286. The Bertz CT molecular complexity index is 397. The van der Waals surface area contributed by atoms with Crippen LogP contribution in [0.15, 0.2) is 42.5 Å². The molecule has 1 rings (SSSR count). The molecule has 4 heteroatoms. The van der Waals surface area contributed by atoms with Gasteiger partial charge in [0.05, 0.1) is 0 Å². The van der Waals surface area contributed by atoms with Crippen molar-refractivity contribution in [2.75, 3.05) is 0 Å². The Morgan fingerprint density at radius 1 is 1.28 bits per heavy atom. The van der Waals surface area contributed by atoms with Crippen LogP contribution in [-0.2, 0) is 9.59 Å². The van der Waals surface area contributed by atoms with Gasteiger partial charge in [0.25, 0.3) is 0 Å². The summed E-state index contributed by atoms with van der Waals surface area (Å²) in [4.78, 5) is 20.7. The molecule has 0 aliphatic heterocycles. The third-order valence-corrected chi connectivity index (χ3v) is 2.13. The molecule has 98 valence electrons. The molecule has 0 aromatic heterocycles. The van der Waals surface area contributed by atoms with Crippen LogP contribution in [0.25, 0.3) is 0 Å². The highest BCUT2D eigenvalue weighted by molar-refractivity contribution is 5.84. The first-order valence-electron chi connectivity index (χ1n) is 5.54. The van der Waals surface area contributed by atoms with E-state index in [2.05, 4.69) is 6.58 Å². The van der Waals surface area contributed by atoms with E-state index in [0.29, 0.717) is 12.0 Å². The second-order valence-electron chi connectivity index (χ2n) is 3.72. The van der Waals surface area contributed by atoms with Crippen molar-refractivity contribution >= 4 is 11.8 Å². The summed E-state index contributed by atoms with van der Waals surface area (Å²) in [6, 6.07) is 8.96. The Labute approximate surface area is 107 Å². The van der Waals surface area contributed by atoms with Gasteiger partial charge in [-0.05, 0) is 12.5 Å². The molecule has 0 saturated heterocycles. The number of aliphatic hydroxyl groups is 1. The van der Waals surface area contributed by atoms with Crippen molar-refractivity contribution < 1.29 is 19.8 Å². The SMILES string of the molecule is C=C(C)C(=O)O.CCC(=O)C(O)c1ccccc1. The van der Waals surface area contributed by atoms with Crippen LogP contribution < -0.4 is 0 Å². The molecule has 0 amide bonds. The largest absolute Gasteiger partial charge is 0.478 e. The highest BCUT2D eigenvalue weighted by Crippen LogP contribution is 2.13. The van der Waals surface area contributed by atoms with Crippen molar-refractivity contribution in [3.63, 3.8) is 0 Å². The van der Waals surface area contributed by atoms with Gasteiger partial charge in [0.1, 0.15) is 6.10 Å². The van der Waals surface area contributed by atoms with Crippen LogP contribution in [0, 0.1) is 0 Å². The molecule has 1 aromatic carbocycles. The number of rotatable bonds is 4. The van der Waals surface area contributed by atoms with Gasteiger partial charge in [-0.25, -0.2) is 4.79 Å². The van der Waals surface area contributed by atoms with E-state index in [1.54, 1.807) is 19.1 Å². The average Bonchev–Trinajstić information content (AvgIpc) is 2.38. The number of carboxylic acids is 1. The third kappa shape index (κ3) is 5.96. The highest BCUT2D eigenvalue weighted by Gasteiger charge is 2.13. The van der Waals surface area contributed by atoms with E-state index in [4.69, 9.17) is 5.11 Å². The first-order valence-corrected chi connectivity index (χ1v) is 5.54. The van der Waals surface area contributed by atoms with Gasteiger partial charge in [0, 0.05) is 12.0 Å². The minimum atomic E-state index is -0.948. The molecule has 1 aromatic rings. The molecule has 0 aliphatic rings. The minimum Gasteiger partial charge on any atom is -0.478 e. The monoisotopic (exact) mass is 250 g/mol. The number of aliphatic hydroxyl groups excluding tert-OH is 1. The number of hydrogen-bond donors (Lipinski definition) is 2. The maximum absolute atomic E-state index is 11.1. The van der Waals surface area contributed by atoms with E-state index in [9.17, 15) is 14.7 Å². The Morgan fingerprint density at radius 2 is 1.72 bits per heavy atom. The summed E-state index contributed by atoms with van der Waals surface area (Å²) < 4.78 is 0. The van der Waals surface area contributed by atoms with Crippen molar-refractivity contribution in [1.82, 2.24) is 0 Å². The van der Waals surface area contributed by atoms with Gasteiger partial charge < -0.3 is 10.2 Å². The maximum Gasteiger partial charge on any atom is 0.330 e. The standard InChI is InChI=1S/C10H12O2.C4H6O2/c1-2-9(11)10(12)8-6-4-3-5-7-8;1-3(2)4(5)6/h3-7,10,12H,2H2,1H3;1H2,2H3,(H,5,6). The number of aliphatic carboxylic acids is 1. The molecule has 2 N–H and O–H groups in total. The lowest BCUT2D eigenvalue weighted by molar-refractivity contribution is -0.132. The lowest BCUT2D eigenvalue weighted by Gasteiger charge is -2.07. The second kappa shape index (κ2) is 8.20. The van der Waals surface area contributed by atoms with Gasteiger partial charge in [-0.1, -0.05) is 43.8 Å². The van der Waals surface area contributed by atoms with Crippen molar-refractivity contribution in [3.05, 3.63) is 48.0 Å². The van der Waals surface area contributed by atoms with Crippen LogP contribution in [-0.4, -0.2) is 22.0 Å². The summed E-state index contributed by atoms with van der Waals surface area (Å²) in [5.41, 5.74) is 0.847. The fourth-order valence-corrected chi connectivity index (χ4v) is 1.01.